The molecule has 0 spiro atoms. The first-order valence-electron chi connectivity index (χ1n) is 10.7. The highest BCUT2D eigenvalue weighted by Crippen LogP contribution is 2.23. The molecule has 4 rings (SSSR count). The Hall–Kier alpha value is -2.95. The molecule has 0 N–H and O–H groups in total. The van der Waals surface area contributed by atoms with Gasteiger partial charge in [-0.1, -0.05) is 42.5 Å². The number of ketones is 1. The van der Waals surface area contributed by atoms with Crippen molar-refractivity contribution in [2.45, 2.75) is 38.5 Å². The van der Waals surface area contributed by atoms with Crippen LogP contribution in [0.5, 0.6) is 0 Å². The van der Waals surface area contributed by atoms with Crippen LogP contribution >= 0.6 is 0 Å². The lowest BCUT2D eigenvalue weighted by Crippen LogP contribution is -2.29. The summed E-state index contributed by atoms with van der Waals surface area (Å²) >= 11 is 0. The molecule has 1 atom stereocenters. The normalized spacial score (nSPS) is 18.2. The largest absolute Gasteiger partial charge is 0.457 e. The zero-order valence-corrected chi connectivity index (χ0v) is 17.1. The van der Waals surface area contributed by atoms with Crippen LogP contribution in [0.4, 0.5) is 0 Å². The van der Waals surface area contributed by atoms with Gasteiger partial charge in [0, 0.05) is 25.1 Å². The molecule has 2 aliphatic rings. The summed E-state index contributed by atoms with van der Waals surface area (Å²) in [6.07, 6.45) is 5.32. The number of ether oxygens (including phenoxy) is 1. The summed E-state index contributed by atoms with van der Waals surface area (Å²) in [5.41, 5.74) is 4.30. The van der Waals surface area contributed by atoms with Gasteiger partial charge in [0.15, 0.2) is 12.4 Å². The summed E-state index contributed by atoms with van der Waals surface area (Å²) in [7, 11) is 0. The van der Waals surface area contributed by atoms with E-state index in [9.17, 15) is 14.4 Å². The second-order valence-corrected chi connectivity index (χ2v) is 8.20. The van der Waals surface area contributed by atoms with Crippen LogP contribution in [-0.4, -0.2) is 42.3 Å². The van der Waals surface area contributed by atoms with E-state index >= 15 is 0 Å². The molecule has 0 radical (unpaired) electrons. The van der Waals surface area contributed by atoms with Crippen LogP contribution in [-0.2, 0) is 33.6 Å². The molecule has 5 nitrogen and oxygen atoms in total. The standard InChI is InChI=1S/C25H27NO4/c27-23(21-11-10-19-8-4-5-9-20(19)14-21)17-30-25(29)22-15-24(28)26(16-22)13-12-18-6-2-1-3-7-18/h1-3,6-7,10-11,14,22H,4-5,8-9,12-13,15-17H2/t22-/m1/s1. The first-order valence-corrected chi connectivity index (χ1v) is 10.7. The first-order chi connectivity index (χ1) is 14.6. The Bertz CT molecular complexity index is 937. The molecule has 156 valence electrons. The highest BCUT2D eigenvalue weighted by Gasteiger charge is 2.35. The molecule has 1 aliphatic carbocycles. The van der Waals surface area contributed by atoms with Gasteiger partial charge in [-0.2, -0.15) is 0 Å². The molecule has 2 aromatic rings. The molecule has 1 saturated heterocycles. The fourth-order valence-electron chi connectivity index (χ4n) is 4.30. The Kier molecular flexibility index (Phi) is 6.26. The zero-order chi connectivity index (χ0) is 20.9. The molecule has 30 heavy (non-hydrogen) atoms. The second-order valence-electron chi connectivity index (χ2n) is 8.20. The number of hydrogen-bond acceptors (Lipinski definition) is 4. The van der Waals surface area contributed by atoms with E-state index < -0.39 is 11.9 Å². The zero-order valence-electron chi connectivity index (χ0n) is 17.1. The summed E-state index contributed by atoms with van der Waals surface area (Å²) in [5, 5.41) is 0. The first kappa shape index (κ1) is 20.3. The third-order valence-corrected chi connectivity index (χ3v) is 6.08. The van der Waals surface area contributed by atoms with E-state index in [-0.39, 0.29) is 24.7 Å². The van der Waals surface area contributed by atoms with Crippen LogP contribution in [0.3, 0.4) is 0 Å². The van der Waals surface area contributed by atoms with E-state index in [1.165, 1.54) is 17.5 Å². The van der Waals surface area contributed by atoms with Crippen molar-refractivity contribution >= 4 is 17.7 Å². The molecule has 1 heterocycles. The maximum atomic E-state index is 12.5. The highest BCUT2D eigenvalue weighted by atomic mass is 16.5. The van der Waals surface area contributed by atoms with E-state index in [4.69, 9.17) is 4.74 Å². The molecule has 1 amide bonds. The Morgan fingerprint density at radius 2 is 1.77 bits per heavy atom. The number of esters is 1. The van der Waals surface area contributed by atoms with Crippen LogP contribution < -0.4 is 0 Å². The SMILES string of the molecule is O=C(COC(=O)[C@@H]1CC(=O)N(CCc2ccccc2)C1)c1ccc2c(c1)CCCC2. The van der Waals surface area contributed by atoms with Crippen molar-refractivity contribution in [2.24, 2.45) is 5.92 Å². The quantitative estimate of drug-likeness (QED) is 0.523. The lowest BCUT2D eigenvalue weighted by atomic mass is 9.90. The number of carbonyl (C=O) groups is 3. The average molecular weight is 405 g/mol. The number of aryl methyl sites for hydroxylation is 2. The van der Waals surface area contributed by atoms with Crippen molar-refractivity contribution in [3.05, 3.63) is 70.8 Å². The third kappa shape index (κ3) is 4.78. The summed E-state index contributed by atoms with van der Waals surface area (Å²) in [4.78, 5) is 38.9. The summed E-state index contributed by atoms with van der Waals surface area (Å²) < 4.78 is 5.28. The summed E-state index contributed by atoms with van der Waals surface area (Å²) in [6, 6.07) is 15.7. The van der Waals surface area contributed by atoms with E-state index in [2.05, 4.69) is 0 Å². The van der Waals surface area contributed by atoms with Gasteiger partial charge in [-0.25, -0.2) is 0 Å². The molecule has 2 aromatic carbocycles. The van der Waals surface area contributed by atoms with Crippen molar-refractivity contribution in [3.63, 3.8) is 0 Å². The van der Waals surface area contributed by atoms with Gasteiger partial charge in [-0.05, 0) is 54.9 Å². The fraction of sp³-hybridized carbons (Fsp3) is 0.400. The number of benzene rings is 2. The minimum atomic E-state index is -0.496. The Morgan fingerprint density at radius 3 is 2.57 bits per heavy atom. The van der Waals surface area contributed by atoms with Gasteiger partial charge in [0.2, 0.25) is 5.91 Å². The molecule has 0 bridgehead atoms. The number of likely N-dealkylation sites (tertiary alicyclic amines) is 1. The number of rotatable bonds is 7. The molecular formula is C25H27NO4. The fourth-order valence-corrected chi connectivity index (χ4v) is 4.30. The van der Waals surface area contributed by atoms with Crippen molar-refractivity contribution in [2.75, 3.05) is 19.7 Å². The molecular weight excluding hydrogens is 378 g/mol. The van der Waals surface area contributed by atoms with E-state index in [1.54, 1.807) is 4.90 Å². The number of hydrogen-bond donors (Lipinski definition) is 0. The van der Waals surface area contributed by atoms with Crippen LogP contribution in [0.15, 0.2) is 48.5 Å². The number of amides is 1. The van der Waals surface area contributed by atoms with Gasteiger partial charge in [0.1, 0.15) is 0 Å². The molecule has 1 fully saturated rings. The van der Waals surface area contributed by atoms with Gasteiger partial charge < -0.3 is 9.64 Å². The topological polar surface area (TPSA) is 63.7 Å². The Balaban J connectivity index is 1.27. The summed E-state index contributed by atoms with van der Waals surface area (Å²) in [6.45, 7) is 0.671. The Morgan fingerprint density at radius 1 is 1.00 bits per heavy atom. The van der Waals surface area contributed by atoms with Gasteiger partial charge in [0.05, 0.1) is 5.92 Å². The minimum Gasteiger partial charge on any atom is -0.457 e. The molecule has 1 aliphatic heterocycles. The molecule has 0 aromatic heterocycles. The van der Waals surface area contributed by atoms with Crippen molar-refractivity contribution in [3.8, 4) is 0 Å². The van der Waals surface area contributed by atoms with E-state index in [1.807, 2.05) is 48.5 Å². The number of Topliss-reactive ketones (excluding diaryl/α,β-unsaturated/α-hetero) is 1. The number of carbonyl (C=O) groups excluding carboxylic acids is 3. The predicted octanol–water partition coefficient (Wildman–Crippen LogP) is 3.38. The van der Waals surface area contributed by atoms with Crippen molar-refractivity contribution < 1.29 is 19.1 Å². The van der Waals surface area contributed by atoms with Gasteiger partial charge in [-0.15, -0.1) is 0 Å². The molecule has 5 heteroatoms. The highest BCUT2D eigenvalue weighted by molar-refractivity contribution is 5.98. The smallest absolute Gasteiger partial charge is 0.311 e. The number of nitrogens with zero attached hydrogens (tertiary/aromatic N) is 1. The monoisotopic (exact) mass is 405 g/mol. The van der Waals surface area contributed by atoms with Crippen LogP contribution in [0.25, 0.3) is 0 Å². The average Bonchev–Trinajstić information content (AvgIpc) is 3.16. The maximum absolute atomic E-state index is 12.5. The lowest BCUT2D eigenvalue weighted by Gasteiger charge is -2.17. The third-order valence-electron chi connectivity index (χ3n) is 6.08. The van der Waals surface area contributed by atoms with E-state index in [0.717, 1.165) is 31.2 Å². The van der Waals surface area contributed by atoms with Gasteiger partial charge >= 0.3 is 5.97 Å². The Labute approximate surface area is 177 Å². The van der Waals surface area contributed by atoms with Crippen LogP contribution in [0, 0.1) is 5.92 Å². The predicted molar refractivity (Wildman–Crippen MR) is 113 cm³/mol. The molecule has 0 saturated carbocycles. The maximum Gasteiger partial charge on any atom is 0.311 e. The van der Waals surface area contributed by atoms with Crippen LogP contribution in [0.2, 0.25) is 0 Å². The lowest BCUT2D eigenvalue weighted by molar-refractivity contribution is -0.147. The van der Waals surface area contributed by atoms with Crippen LogP contribution in [0.1, 0.15) is 46.3 Å². The van der Waals surface area contributed by atoms with Gasteiger partial charge in [0.25, 0.3) is 0 Å². The number of fused-ring (bicyclic) bond motifs is 1. The summed E-state index contributed by atoms with van der Waals surface area (Å²) in [5.74, 6) is -1.18. The van der Waals surface area contributed by atoms with E-state index in [0.29, 0.717) is 18.7 Å². The van der Waals surface area contributed by atoms with Gasteiger partial charge in [-0.3, -0.25) is 14.4 Å². The minimum absolute atomic E-state index is 0.0334. The molecule has 0 unspecified atom stereocenters. The second kappa shape index (κ2) is 9.24. The van der Waals surface area contributed by atoms with Crippen molar-refractivity contribution in [1.29, 1.82) is 0 Å². The van der Waals surface area contributed by atoms with Crippen molar-refractivity contribution in [1.82, 2.24) is 4.90 Å².